The fraction of sp³-hybridized carbons (Fsp3) is 0.593. The third kappa shape index (κ3) is 34.5. The lowest BCUT2D eigenvalue weighted by Gasteiger charge is -2.32. The summed E-state index contributed by atoms with van der Waals surface area (Å²) in [6, 6.07) is -12.7. The van der Waals surface area contributed by atoms with Gasteiger partial charge in [-0.1, -0.05) is 52.0 Å². The first-order valence-electron chi connectivity index (χ1n) is 41.7. The fourth-order valence-corrected chi connectivity index (χ4v) is 14.5. The van der Waals surface area contributed by atoms with E-state index in [4.69, 9.17) is 27.7 Å². The van der Waals surface area contributed by atoms with Gasteiger partial charge in [0.1, 0.15) is 96.1 Å². The molecule has 0 radical (unpaired) electrons. The molecule has 0 aliphatic carbocycles. The number of aliphatic hydroxyl groups is 3. The summed E-state index contributed by atoms with van der Waals surface area (Å²) in [5.74, 6) is -19.0. The van der Waals surface area contributed by atoms with E-state index in [-0.39, 0.29) is 131 Å². The average Bonchev–Trinajstić information content (AvgIpc) is 1.74. The zero-order valence-corrected chi connectivity index (χ0v) is 73.1. The molecule has 702 valence electrons. The van der Waals surface area contributed by atoms with Crippen LogP contribution in [0.15, 0.2) is 61.1 Å². The van der Waals surface area contributed by atoms with Crippen LogP contribution in [0, 0.1) is 17.2 Å². The highest BCUT2D eigenvalue weighted by Crippen LogP contribution is 2.24. The molecule has 2 aliphatic rings. The predicted molar refractivity (Wildman–Crippen MR) is 457 cm³/mol. The Morgan fingerprint density at radius 2 is 0.913 bits per heavy atom. The normalized spacial score (nSPS) is 17.5. The Hall–Kier alpha value is -12.3. The van der Waals surface area contributed by atoms with Crippen molar-refractivity contribution in [1.29, 1.82) is 5.41 Å². The molecule has 127 heavy (non-hydrogen) atoms. The number of aliphatic carboxylic acids is 2. The van der Waals surface area contributed by atoms with Gasteiger partial charge in [0.25, 0.3) is 0 Å². The van der Waals surface area contributed by atoms with Gasteiger partial charge < -0.3 is 137 Å². The number of guanidine groups is 1. The van der Waals surface area contributed by atoms with Crippen LogP contribution in [0.3, 0.4) is 0 Å². The van der Waals surface area contributed by atoms with Crippen LogP contribution in [0.25, 0.3) is 0 Å². The van der Waals surface area contributed by atoms with E-state index in [1.165, 1.54) is 79.7 Å². The van der Waals surface area contributed by atoms with Crippen molar-refractivity contribution in [3.05, 3.63) is 77.9 Å². The number of hydrogen-bond acceptors (Lipinski definition) is 26. The molecule has 1 aromatic heterocycles. The second-order valence-corrected chi connectivity index (χ2v) is 33.3. The van der Waals surface area contributed by atoms with Gasteiger partial charge in [-0.2, -0.15) is 11.8 Å². The number of carboxylic acids is 2. The molecule has 45 nitrogen and oxygen atoms in total. The molecule has 0 saturated carbocycles. The minimum Gasteiger partial charge on any atom is -0.508 e. The van der Waals surface area contributed by atoms with Gasteiger partial charge in [0.15, 0.2) is 5.96 Å². The molecular formula is C81H123N21O24S. The lowest BCUT2D eigenvalue weighted by molar-refractivity contribution is -0.149. The van der Waals surface area contributed by atoms with Crippen LogP contribution in [0.1, 0.15) is 149 Å². The Morgan fingerprint density at radius 1 is 0.496 bits per heavy atom. The standard InChI is InChI=1S/C81H123N21O24S/c1-39(2)31-53(93-68(113)51(26-30-127-9)90-75(120)63(42(6)103)98-73(118)55(34-46-18-22-49(107)23-19-46)94-70(115)54(33-45-16-20-48(106)21-17-45)92-66(111)41(5)89-67(112)50(82)24-25-62(109)110)69(114)95-56(35-47-37-86-38-88-47)71(116)97-58(32-40(3)4)79(124)101-28-11-14-59(101)74(119)99-65(44(8)105)77(122)100-64(43(7)104)76(121)96-57(36-61(83)108)72(117)91-52(13-10-27-87-81(84)85)78(123)102-29-12-15-60(102)80(125)126/h16-23,37-44,50-60,63-65,103-107H,10-15,24-36,82H2,1-9H3,(H2,83,108)(H,86,88)(H,89,112)(H,90,120)(H,91,117)(H,92,111)(H,93,113)(H,94,115)(H,95,114)(H,96,121)(H,97,116)(H,98,118)(H,99,119)(H,100,122)(H,109,110)(H,125,126)(H4,84,85,87)/t41-,42+,43+,44+,50-,51-,52-,53-,54-,55-,56-,57-,58-,59-,60-,63-,64-,65-/m0/s1. The van der Waals surface area contributed by atoms with Gasteiger partial charge in [-0.15, -0.1) is 0 Å². The first kappa shape index (κ1) is 105. The number of carboxylic acid groups (broad SMARTS) is 2. The number of primary amides is 1. The Balaban J connectivity index is 1.34. The predicted octanol–water partition coefficient (Wildman–Crippen LogP) is -5.93. The Bertz CT molecular complexity index is 4290. The lowest BCUT2D eigenvalue weighted by Crippen LogP contribution is -2.63. The summed E-state index contributed by atoms with van der Waals surface area (Å²) in [6.45, 7) is 11.5. The summed E-state index contributed by atoms with van der Waals surface area (Å²) in [5.41, 5.74) is 17.7. The van der Waals surface area contributed by atoms with Crippen molar-refractivity contribution in [3.63, 3.8) is 0 Å². The maximum Gasteiger partial charge on any atom is 0.326 e. The number of nitrogens with one attached hydrogen (secondary N) is 15. The van der Waals surface area contributed by atoms with Crippen molar-refractivity contribution < 1.29 is 117 Å². The van der Waals surface area contributed by atoms with E-state index in [0.717, 1.165) is 30.6 Å². The number of phenols is 2. The molecule has 2 aromatic carbocycles. The third-order valence-electron chi connectivity index (χ3n) is 20.8. The first-order chi connectivity index (χ1) is 59.8. The average molecular weight is 1810 g/mol. The van der Waals surface area contributed by atoms with Crippen molar-refractivity contribution in [1.82, 2.24) is 88.9 Å². The highest BCUT2D eigenvalue weighted by Gasteiger charge is 2.45. The molecule has 0 unspecified atom stereocenters. The Morgan fingerprint density at radius 3 is 1.40 bits per heavy atom. The smallest absolute Gasteiger partial charge is 0.326 e. The van der Waals surface area contributed by atoms with Crippen LogP contribution < -0.4 is 86.3 Å². The van der Waals surface area contributed by atoms with Crippen molar-refractivity contribution in [2.24, 2.45) is 29.0 Å². The van der Waals surface area contributed by atoms with Crippen LogP contribution in [0.2, 0.25) is 0 Å². The van der Waals surface area contributed by atoms with Gasteiger partial charge in [0.2, 0.25) is 88.6 Å². The largest absolute Gasteiger partial charge is 0.508 e. The minimum absolute atomic E-state index is 0.0211. The van der Waals surface area contributed by atoms with E-state index in [1.807, 2.05) is 0 Å². The maximum absolute atomic E-state index is 15.0. The topological polar surface area (TPSA) is 725 Å². The number of aromatic nitrogens is 2. The van der Waals surface area contributed by atoms with Crippen molar-refractivity contribution >= 4 is 118 Å². The first-order valence-corrected chi connectivity index (χ1v) is 43.1. The van der Waals surface area contributed by atoms with Gasteiger partial charge >= 0.3 is 11.9 Å². The monoisotopic (exact) mass is 1810 g/mol. The number of aliphatic hydroxyl groups excluding tert-OH is 3. The minimum atomic E-state index is -2.01. The van der Waals surface area contributed by atoms with E-state index in [1.54, 1.807) is 34.0 Å². The highest BCUT2D eigenvalue weighted by atomic mass is 32.2. The molecule has 28 N–H and O–H groups in total. The highest BCUT2D eigenvalue weighted by molar-refractivity contribution is 7.98. The summed E-state index contributed by atoms with van der Waals surface area (Å²) in [7, 11) is 0. The number of benzene rings is 2. The molecule has 3 aromatic rings. The van der Waals surface area contributed by atoms with Crippen molar-refractivity contribution in [3.8, 4) is 11.5 Å². The number of imidazole rings is 1. The van der Waals surface area contributed by atoms with Crippen LogP contribution in [0.5, 0.6) is 11.5 Å². The number of carbonyl (C=O) groups excluding carboxylic acids is 15. The lowest BCUT2D eigenvalue weighted by atomic mass is 10.00. The number of nitrogens with two attached hydrogens (primary N) is 3. The number of amides is 15. The fourth-order valence-electron chi connectivity index (χ4n) is 14.0. The molecule has 0 spiro atoms. The quantitative estimate of drug-likeness (QED) is 0.0142. The number of likely N-dealkylation sites (tertiary alicyclic amines) is 2. The molecule has 3 heterocycles. The van der Waals surface area contributed by atoms with E-state index >= 15 is 0 Å². The van der Waals surface area contributed by atoms with E-state index in [2.05, 4.69) is 79.1 Å². The molecule has 5 rings (SSSR count). The molecule has 0 bridgehead atoms. The molecular weight excluding hydrogens is 1680 g/mol. The second-order valence-electron chi connectivity index (χ2n) is 32.4. The SMILES string of the molecule is CSCC[C@H](NC(=O)[C@@H](NC(=O)[C@H](Cc1ccc(O)cc1)NC(=O)[C@H](Cc1ccc(O)cc1)NC(=O)[C@H](C)NC(=O)[C@@H](N)CCC(=O)O)[C@@H](C)O)C(=O)N[C@@H](CC(C)C)C(=O)N[C@@H](Cc1c[nH]cn1)C(=O)N[C@@H](CC(C)C)C(=O)N1CCC[C@H]1C(=O)N[C@H](C(=O)N[C@H](C(=O)N[C@@H](CC(N)=O)C(=O)N[C@@H](CCCNC(=N)N)C(=O)N1CCC[C@H]1C(=O)O)[C@@H](C)O)[C@@H](C)O. The molecule has 15 amide bonds. The number of thioether (sulfide) groups is 1. The van der Waals surface area contributed by atoms with Gasteiger partial charge in [-0.3, -0.25) is 82.1 Å². The van der Waals surface area contributed by atoms with Gasteiger partial charge in [0, 0.05) is 51.5 Å². The molecule has 2 fully saturated rings. The number of phenolic OH excluding ortho intramolecular Hbond substituents is 2. The maximum atomic E-state index is 15.0. The van der Waals surface area contributed by atoms with Gasteiger partial charge in [-0.05, 0) is 151 Å². The Labute approximate surface area is 737 Å². The zero-order chi connectivity index (χ0) is 94.8. The summed E-state index contributed by atoms with van der Waals surface area (Å²) >= 11 is 1.26. The summed E-state index contributed by atoms with van der Waals surface area (Å²) < 4.78 is 0. The van der Waals surface area contributed by atoms with Gasteiger partial charge in [0.05, 0.1) is 42.8 Å². The molecule has 18 atom stereocenters. The van der Waals surface area contributed by atoms with Crippen LogP contribution >= 0.6 is 11.8 Å². The number of nitrogens with zero attached hydrogens (tertiary/aromatic N) is 3. The van der Waals surface area contributed by atoms with Crippen molar-refractivity contribution in [2.75, 3.05) is 31.6 Å². The number of hydrogen-bond donors (Lipinski definition) is 25. The number of H-pyrrole nitrogens is 1. The van der Waals surface area contributed by atoms with E-state index < -0.39 is 228 Å². The summed E-state index contributed by atoms with van der Waals surface area (Å²) in [5, 5.41) is 112. The van der Waals surface area contributed by atoms with E-state index in [0.29, 0.717) is 17.5 Å². The molecule has 2 saturated heterocycles. The molecule has 46 heteroatoms. The zero-order valence-electron chi connectivity index (χ0n) is 72.3. The van der Waals surface area contributed by atoms with Crippen LogP contribution in [0.4, 0.5) is 0 Å². The number of aromatic amines is 1. The van der Waals surface area contributed by atoms with Crippen LogP contribution in [-0.4, -0.2) is 303 Å². The third-order valence-corrected chi connectivity index (χ3v) is 21.4. The van der Waals surface area contributed by atoms with E-state index in [9.17, 15) is 112 Å². The second kappa shape index (κ2) is 51.4. The summed E-state index contributed by atoms with van der Waals surface area (Å²) in [4.78, 5) is 245. The van der Waals surface area contributed by atoms with Crippen molar-refractivity contribution in [2.45, 2.75) is 261 Å². The summed E-state index contributed by atoms with van der Waals surface area (Å²) in [6.07, 6.45) is -3.19. The number of carbonyl (C=O) groups is 17. The number of rotatable bonds is 52. The molecule has 2 aliphatic heterocycles. The van der Waals surface area contributed by atoms with Crippen LogP contribution in [-0.2, 0) is 101 Å². The van der Waals surface area contributed by atoms with Gasteiger partial charge in [-0.25, -0.2) is 9.78 Å². The number of aromatic hydroxyl groups is 2. The Kier molecular flexibility index (Phi) is 42.6.